The van der Waals surface area contributed by atoms with Crippen molar-refractivity contribution < 1.29 is 14.6 Å². The molecule has 0 bridgehead atoms. The van der Waals surface area contributed by atoms with Crippen LogP contribution < -0.4 is 5.32 Å². The van der Waals surface area contributed by atoms with Crippen LogP contribution in [0.3, 0.4) is 0 Å². The lowest BCUT2D eigenvalue weighted by atomic mass is 9.82. The number of carbonyl (C=O) groups excluding carboxylic acids is 1. The van der Waals surface area contributed by atoms with E-state index in [1.165, 1.54) is 0 Å². The molecule has 2 rings (SSSR count). The molecular weight excluding hydrogens is 194 g/mol. The van der Waals surface area contributed by atoms with Crippen LogP contribution in [-0.4, -0.2) is 36.4 Å². The first kappa shape index (κ1) is 10.9. The van der Waals surface area contributed by atoms with Crippen LogP contribution in [0.25, 0.3) is 0 Å². The molecule has 0 aromatic rings. The molecule has 2 N–H and O–H groups in total. The fourth-order valence-corrected chi connectivity index (χ4v) is 2.24. The first-order valence-corrected chi connectivity index (χ1v) is 5.74. The minimum absolute atomic E-state index is 0.0152. The molecule has 2 atom stereocenters. The summed E-state index contributed by atoms with van der Waals surface area (Å²) in [5, 5.41) is 12.0. The molecule has 2 unspecified atom stereocenters. The largest absolute Gasteiger partial charge is 0.393 e. The van der Waals surface area contributed by atoms with Gasteiger partial charge in [0, 0.05) is 13.2 Å². The van der Waals surface area contributed by atoms with Gasteiger partial charge in [0.05, 0.1) is 6.10 Å². The minimum atomic E-state index is -0.255. The zero-order valence-corrected chi connectivity index (χ0v) is 9.11. The molecule has 15 heavy (non-hydrogen) atoms. The molecule has 4 heteroatoms. The standard InChI is InChI=1S/C11H19NO3/c1-7-2-3-15-10(7)11(14)12-6-8-4-9(13)5-8/h7-10,13H,2-6H2,1H3,(H,12,14). The Morgan fingerprint density at radius 2 is 2.27 bits per heavy atom. The van der Waals surface area contributed by atoms with Gasteiger partial charge in [-0.25, -0.2) is 0 Å². The maximum atomic E-state index is 11.7. The first-order valence-electron chi connectivity index (χ1n) is 5.74. The maximum Gasteiger partial charge on any atom is 0.249 e. The second kappa shape index (κ2) is 4.49. The number of carbonyl (C=O) groups is 1. The number of nitrogens with one attached hydrogen (secondary N) is 1. The predicted molar refractivity (Wildman–Crippen MR) is 55.3 cm³/mol. The number of amides is 1. The highest BCUT2D eigenvalue weighted by atomic mass is 16.5. The Hall–Kier alpha value is -0.610. The molecule has 86 valence electrons. The van der Waals surface area contributed by atoms with Gasteiger partial charge in [0.25, 0.3) is 0 Å². The van der Waals surface area contributed by atoms with Gasteiger partial charge in [-0.15, -0.1) is 0 Å². The lowest BCUT2D eigenvalue weighted by Gasteiger charge is -2.31. The topological polar surface area (TPSA) is 58.6 Å². The van der Waals surface area contributed by atoms with Gasteiger partial charge in [-0.1, -0.05) is 6.92 Å². The lowest BCUT2D eigenvalue weighted by Crippen LogP contribution is -2.43. The van der Waals surface area contributed by atoms with E-state index in [0.717, 1.165) is 19.3 Å². The van der Waals surface area contributed by atoms with Gasteiger partial charge in [-0.3, -0.25) is 4.79 Å². The van der Waals surface area contributed by atoms with Gasteiger partial charge in [0.15, 0.2) is 0 Å². The fourth-order valence-electron chi connectivity index (χ4n) is 2.24. The highest BCUT2D eigenvalue weighted by Crippen LogP contribution is 2.26. The van der Waals surface area contributed by atoms with Crippen LogP contribution in [0.1, 0.15) is 26.2 Å². The Labute approximate surface area is 90.0 Å². The summed E-state index contributed by atoms with van der Waals surface area (Å²) < 4.78 is 5.37. The average Bonchev–Trinajstić information content (AvgIpc) is 2.57. The molecule has 1 amide bonds. The van der Waals surface area contributed by atoms with Crippen LogP contribution in [0.5, 0.6) is 0 Å². The van der Waals surface area contributed by atoms with E-state index < -0.39 is 0 Å². The Bertz CT molecular complexity index is 238. The van der Waals surface area contributed by atoms with E-state index in [1.54, 1.807) is 0 Å². The van der Waals surface area contributed by atoms with Crippen LogP contribution in [0.4, 0.5) is 0 Å². The normalized spacial score (nSPS) is 39.9. The minimum Gasteiger partial charge on any atom is -0.393 e. The Kier molecular flexibility index (Phi) is 3.26. The fraction of sp³-hybridized carbons (Fsp3) is 0.909. The zero-order chi connectivity index (χ0) is 10.8. The third kappa shape index (κ3) is 2.49. The Morgan fingerprint density at radius 1 is 1.53 bits per heavy atom. The maximum absolute atomic E-state index is 11.7. The molecule has 0 aromatic heterocycles. The van der Waals surface area contributed by atoms with E-state index in [1.807, 2.05) is 6.92 Å². The van der Waals surface area contributed by atoms with Crippen molar-refractivity contribution in [1.29, 1.82) is 0 Å². The average molecular weight is 213 g/mol. The Balaban J connectivity index is 1.68. The molecule has 0 aromatic carbocycles. The van der Waals surface area contributed by atoms with Crippen molar-refractivity contribution in [3.63, 3.8) is 0 Å². The van der Waals surface area contributed by atoms with E-state index in [4.69, 9.17) is 9.84 Å². The molecule has 0 radical (unpaired) electrons. The van der Waals surface area contributed by atoms with Gasteiger partial charge in [-0.2, -0.15) is 0 Å². The molecule has 1 aliphatic carbocycles. The summed E-state index contributed by atoms with van der Waals surface area (Å²) in [7, 11) is 0. The SMILES string of the molecule is CC1CCOC1C(=O)NCC1CC(O)C1. The van der Waals surface area contributed by atoms with Crippen LogP contribution >= 0.6 is 0 Å². The van der Waals surface area contributed by atoms with E-state index in [-0.39, 0.29) is 18.1 Å². The molecule has 1 saturated heterocycles. The summed E-state index contributed by atoms with van der Waals surface area (Å²) in [6, 6.07) is 0. The Morgan fingerprint density at radius 3 is 2.80 bits per heavy atom. The van der Waals surface area contributed by atoms with Gasteiger partial charge in [0.1, 0.15) is 6.10 Å². The molecule has 1 saturated carbocycles. The molecule has 2 aliphatic rings. The zero-order valence-electron chi connectivity index (χ0n) is 9.11. The van der Waals surface area contributed by atoms with Crippen LogP contribution in [0.15, 0.2) is 0 Å². The van der Waals surface area contributed by atoms with Crippen molar-refractivity contribution in [3.8, 4) is 0 Å². The van der Waals surface area contributed by atoms with E-state index in [2.05, 4.69) is 5.32 Å². The van der Waals surface area contributed by atoms with Gasteiger partial charge >= 0.3 is 0 Å². The number of hydrogen-bond acceptors (Lipinski definition) is 3. The molecule has 0 spiro atoms. The smallest absolute Gasteiger partial charge is 0.249 e. The van der Waals surface area contributed by atoms with E-state index >= 15 is 0 Å². The molecule has 2 fully saturated rings. The number of aliphatic hydroxyl groups is 1. The van der Waals surface area contributed by atoms with Gasteiger partial charge < -0.3 is 15.2 Å². The molecule has 1 heterocycles. The summed E-state index contributed by atoms with van der Waals surface area (Å²) in [5.74, 6) is 0.805. The third-order valence-electron chi connectivity index (χ3n) is 3.42. The van der Waals surface area contributed by atoms with Crippen molar-refractivity contribution in [2.45, 2.75) is 38.4 Å². The molecule has 1 aliphatic heterocycles. The van der Waals surface area contributed by atoms with Gasteiger partial charge in [-0.05, 0) is 31.1 Å². The van der Waals surface area contributed by atoms with Crippen molar-refractivity contribution in [1.82, 2.24) is 5.32 Å². The van der Waals surface area contributed by atoms with Crippen molar-refractivity contribution in [2.75, 3.05) is 13.2 Å². The van der Waals surface area contributed by atoms with Crippen LogP contribution in [-0.2, 0) is 9.53 Å². The van der Waals surface area contributed by atoms with E-state index in [0.29, 0.717) is 25.0 Å². The van der Waals surface area contributed by atoms with Crippen LogP contribution in [0.2, 0.25) is 0 Å². The second-order valence-electron chi connectivity index (χ2n) is 4.79. The van der Waals surface area contributed by atoms with Gasteiger partial charge in [0.2, 0.25) is 5.91 Å². The first-order chi connectivity index (χ1) is 7.16. The van der Waals surface area contributed by atoms with E-state index in [9.17, 15) is 4.79 Å². The second-order valence-corrected chi connectivity index (χ2v) is 4.79. The highest BCUT2D eigenvalue weighted by molar-refractivity contribution is 5.81. The lowest BCUT2D eigenvalue weighted by molar-refractivity contribution is -0.132. The number of rotatable bonds is 3. The molecular formula is C11H19NO3. The van der Waals surface area contributed by atoms with Crippen molar-refractivity contribution in [3.05, 3.63) is 0 Å². The highest BCUT2D eigenvalue weighted by Gasteiger charge is 2.32. The molecule has 4 nitrogen and oxygen atoms in total. The number of ether oxygens (including phenoxy) is 1. The summed E-state index contributed by atoms with van der Waals surface area (Å²) in [6.45, 7) is 3.42. The summed E-state index contributed by atoms with van der Waals surface area (Å²) in [6.07, 6.45) is 2.21. The monoisotopic (exact) mass is 213 g/mol. The van der Waals surface area contributed by atoms with Crippen molar-refractivity contribution >= 4 is 5.91 Å². The summed E-state index contributed by atoms with van der Waals surface area (Å²) in [4.78, 5) is 11.7. The number of aliphatic hydroxyl groups excluding tert-OH is 1. The predicted octanol–water partition coefficient (Wildman–Crippen LogP) is 0.298. The van der Waals surface area contributed by atoms with Crippen molar-refractivity contribution in [2.24, 2.45) is 11.8 Å². The van der Waals surface area contributed by atoms with Crippen LogP contribution in [0, 0.1) is 11.8 Å². The third-order valence-corrected chi connectivity index (χ3v) is 3.42. The number of hydrogen-bond donors (Lipinski definition) is 2. The quantitative estimate of drug-likeness (QED) is 0.709. The summed E-state index contributed by atoms with van der Waals surface area (Å²) in [5.41, 5.74) is 0. The summed E-state index contributed by atoms with van der Waals surface area (Å²) >= 11 is 0.